The lowest BCUT2D eigenvalue weighted by molar-refractivity contribution is -0.115. The van der Waals surface area contributed by atoms with Gasteiger partial charge in [0, 0.05) is 46.1 Å². The number of carbonyl (C=O) groups is 1. The van der Waals surface area contributed by atoms with Crippen molar-refractivity contribution in [2.45, 2.75) is 6.42 Å². The third kappa shape index (κ3) is 9.12. The smallest absolute Gasteiger partial charge is 0.243 e. The maximum Gasteiger partial charge on any atom is 0.243 e. The zero-order valence-corrected chi connectivity index (χ0v) is 14.8. The second kappa shape index (κ2) is 12.3. The molecule has 0 atom stereocenters. The number of benzene rings is 1. The number of nitrogens with one attached hydrogen (secondary N) is 3. The molecule has 1 aromatic carbocycles. The molecule has 0 unspecified atom stereocenters. The number of carbonyl (C=O) groups excluding carboxylic acids is 1. The summed E-state index contributed by atoms with van der Waals surface area (Å²) in [6, 6.07) is 9.38. The second-order valence-electron chi connectivity index (χ2n) is 5.42. The van der Waals surface area contributed by atoms with Crippen molar-refractivity contribution >= 4 is 17.6 Å². The van der Waals surface area contributed by atoms with Crippen molar-refractivity contribution < 1.29 is 9.53 Å². The van der Waals surface area contributed by atoms with E-state index in [4.69, 9.17) is 4.74 Å². The average molecular weight is 335 g/mol. The van der Waals surface area contributed by atoms with E-state index in [1.807, 2.05) is 30.3 Å². The minimum absolute atomic E-state index is 0.110. The third-order valence-electron chi connectivity index (χ3n) is 3.37. The van der Waals surface area contributed by atoms with Crippen molar-refractivity contribution in [2.75, 3.05) is 59.3 Å². The molecule has 0 spiro atoms. The minimum atomic E-state index is -0.110. The van der Waals surface area contributed by atoms with Crippen LogP contribution in [-0.2, 0) is 9.53 Å². The zero-order chi connectivity index (χ0) is 17.6. The van der Waals surface area contributed by atoms with Gasteiger partial charge in [0.1, 0.15) is 0 Å². The van der Waals surface area contributed by atoms with Crippen LogP contribution in [0.25, 0.3) is 0 Å². The lowest BCUT2D eigenvalue weighted by Crippen LogP contribution is -2.43. The van der Waals surface area contributed by atoms with Crippen molar-refractivity contribution in [3.63, 3.8) is 0 Å². The molecule has 0 heterocycles. The van der Waals surface area contributed by atoms with E-state index in [1.165, 1.54) is 0 Å². The van der Waals surface area contributed by atoms with Crippen LogP contribution in [0.3, 0.4) is 0 Å². The summed E-state index contributed by atoms with van der Waals surface area (Å²) in [5.41, 5.74) is 0.782. The third-order valence-corrected chi connectivity index (χ3v) is 3.37. The van der Waals surface area contributed by atoms with E-state index in [1.54, 1.807) is 14.2 Å². The van der Waals surface area contributed by atoms with Crippen LogP contribution in [0.5, 0.6) is 0 Å². The molecule has 0 saturated carbocycles. The molecule has 1 rings (SSSR count). The van der Waals surface area contributed by atoms with Gasteiger partial charge < -0.3 is 25.6 Å². The highest BCUT2D eigenvalue weighted by molar-refractivity contribution is 5.94. The minimum Gasteiger partial charge on any atom is -0.385 e. The van der Waals surface area contributed by atoms with Gasteiger partial charge >= 0.3 is 0 Å². The van der Waals surface area contributed by atoms with Gasteiger partial charge in [-0.15, -0.1) is 0 Å². The summed E-state index contributed by atoms with van der Waals surface area (Å²) in [6.45, 7) is 3.57. The molecule has 0 aliphatic rings. The number of rotatable bonds is 10. The van der Waals surface area contributed by atoms with Gasteiger partial charge in [0.2, 0.25) is 5.91 Å². The Labute approximate surface area is 144 Å². The summed E-state index contributed by atoms with van der Waals surface area (Å²) in [5, 5.41) is 9.02. The summed E-state index contributed by atoms with van der Waals surface area (Å²) in [4.78, 5) is 18.2. The van der Waals surface area contributed by atoms with Gasteiger partial charge in [0.25, 0.3) is 0 Å². The monoisotopic (exact) mass is 335 g/mol. The Balaban J connectivity index is 2.19. The van der Waals surface area contributed by atoms with Crippen LogP contribution in [0, 0.1) is 0 Å². The number of aliphatic imine (C=N–C) groups is 1. The first kappa shape index (κ1) is 19.9. The molecule has 134 valence electrons. The van der Waals surface area contributed by atoms with Crippen molar-refractivity contribution in [3.05, 3.63) is 30.3 Å². The lowest BCUT2D eigenvalue weighted by atomic mass is 10.3. The molecule has 0 fully saturated rings. The van der Waals surface area contributed by atoms with E-state index in [-0.39, 0.29) is 12.5 Å². The average Bonchev–Trinajstić information content (AvgIpc) is 2.59. The quantitative estimate of drug-likeness (QED) is 0.334. The van der Waals surface area contributed by atoms with Crippen LogP contribution < -0.4 is 16.0 Å². The van der Waals surface area contributed by atoms with Crippen molar-refractivity contribution in [1.82, 2.24) is 15.5 Å². The van der Waals surface area contributed by atoms with Gasteiger partial charge in [-0.3, -0.25) is 9.79 Å². The number of guanidine groups is 1. The van der Waals surface area contributed by atoms with E-state index in [9.17, 15) is 4.79 Å². The van der Waals surface area contributed by atoms with Crippen LogP contribution in [0.2, 0.25) is 0 Å². The fraction of sp³-hybridized carbons (Fsp3) is 0.529. The number of nitrogens with zero attached hydrogens (tertiary/aromatic N) is 2. The van der Waals surface area contributed by atoms with Gasteiger partial charge in [-0.2, -0.15) is 0 Å². The molecule has 0 saturated heterocycles. The summed E-state index contributed by atoms with van der Waals surface area (Å²) in [6.07, 6.45) is 1.01. The highest BCUT2D eigenvalue weighted by atomic mass is 16.5. The van der Waals surface area contributed by atoms with Crippen LogP contribution in [0.4, 0.5) is 5.69 Å². The van der Waals surface area contributed by atoms with E-state index in [0.717, 1.165) is 38.3 Å². The molecule has 0 aliphatic carbocycles. The Morgan fingerprint density at radius 3 is 2.62 bits per heavy atom. The molecule has 24 heavy (non-hydrogen) atoms. The highest BCUT2D eigenvalue weighted by Gasteiger charge is 2.04. The SMILES string of the molecule is CN=C(NCCN(C)CCCOC)NCC(=O)Nc1ccccc1. The first-order valence-corrected chi connectivity index (χ1v) is 8.12. The van der Waals surface area contributed by atoms with Gasteiger partial charge in [-0.1, -0.05) is 18.2 Å². The van der Waals surface area contributed by atoms with Gasteiger partial charge in [-0.05, 0) is 25.6 Å². The number of ether oxygens (including phenoxy) is 1. The summed E-state index contributed by atoms with van der Waals surface area (Å²) >= 11 is 0. The maximum atomic E-state index is 11.9. The molecule has 1 amide bonds. The fourth-order valence-electron chi connectivity index (χ4n) is 2.07. The van der Waals surface area contributed by atoms with Crippen molar-refractivity contribution in [3.8, 4) is 0 Å². The van der Waals surface area contributed by atoms with Gasteiger partial charge in [0.15, 0.2) is 5.96 Å². The van der Waals surface area contributed by atoms with Crippen LogP contribution >= 0.6 is 0 Å². The zero-order valence-electron chi connectivity index (χ0n) is 14.8. The Morgan fingerprint density at radius 2 is 1.96 bits per heavy atom. The molecular weight excluding hydrogens is 306 g/mol. The Hall–Kier alpha value is -2.12. The first-order valence-electron chi connectivity index (χ1n) is 8.12. The Kier molecular flexibility index (Phi) is 10.2. The molecule has 7 heteroatoms. The number of hydrogen-bond donors (Lipinski definition) is 3. The Bertz CT molecular complexity index is 493. The molecule has 0 bridgehead atoms. The fourth-order valence-corrected chi connectivity index (χ4v) is 2.07. The molecule has 0 aromatic heterocycles. The van der Waals surface area contributed by atoms with E-state index < -0.39 is 0 Å². The van der Waals surface area contributed by atoms with E-state index in [0.29, 0.717) is 5.96 Å². The number of amides is 1. The predicted octanol–water partition coefficient (Wildman–Crippen LogP) is 0.758. The molecule has 1 aromatic rings. The van der Waals surface area contributed by atoms with E-state index >= 15 is 0 Å². The lowest BCUT2D eigenvalue weighted by Gasteiger charge is -2.18. The molecule has 3 N–H and O–H groups in total. The normalized spacial score (nSPS) is 11.4. The topological polar surface area (TPSA) is 78.0 Å². The highest BCUT2D eigenvalue weighted by Crippen LogP contribution is 2.03. The summed E-state index contributed by atoms with van der Waals surface area (Å²) < 4.78 is 5.04. The van der Waals surface area contributed by atoms with Gasteiger partial charge in [-0.25, -0.2) is 0 Å². The number of methoxy groups -OCH3 is 1. The number of para-hydroxylation sites is 1. The van der Waals surface area contributed by atoms with E-state index in [2.05, 4.69) is 32.9 Å². The van der Waals surface area contributed by atoms with Crippen molar-refractivity contribution in [2.24, 2.45) is 4.99 Å². The van der Waals surface area contributed by atoms with Crippen LogP contribution in [0.15, 0.2) is 35.3 Å². The largest absolute Gasteiger partial charge is 0.385 e. The maximum absolute atomic E-state index is 11.9. The second-order valence-corrected chi connectivity index (χ2v) is 5.42. The molecule has 0 radical (unpaired) electrons. The van der Waals surface area contributed by atoms with Gasteiger partial charge in [0.05, 0.1) is 6.54 Å². The Morgan fingerprint density at radius 1 is 1.21 bits per heavy atom. The summed E-state index contributed by atoms with van der Waals surface area (Å²) in [7, 11) is 5.47. The number of anilines is 1. The van der Waals surface area contributed by atoms with Crippen LogP contribution in [0.1, 0.15) is 6.42 Å². The standard InChI is InChI=1S/C17H29N5O2/c1-18-17(19-10-12-22(2)11-7-13-24-3)20-14-16(23)21-15-8-5-4-6-9-15/h4-6,8-9H,7,10-14H2,1-3H3,(H,21,23)(H2,18,19,20). The van der Waals surface area contributed by atoms with Crippen molar-refractivity contribution in [1.29, 1.82) is 0 Å². The van der Waals surface area contributed by atoms with Crippen LogP contribution in [-0.4, -0.2) is 70.8 Å². The molecule has 7 nitrogen and oxygen atoms in total. The number of likely N-dealkylation sites (N-methyl/N-ethyl adjacent to an activating group) is 1. The summed E-state index contributed by atoms with van der Waals surface area (Å²) in [5.74, 6) is 0.504. The number of hydrogen-bond acceptors (Lipinski definition) is 4. The predicted molar refractivity (Wildman–Crippen MR) is 98.4 cm³/mol. The molecule has 0 aliphatic heterocycles. The first-order chi connectivity index (χ1) is 11.7. The molecular formula is C17H29N5O2.